The van der Waals surface area contributed by atoms with Crippen molar-refractivity contribution >= 4 is 11.9 Å². The molecule has 6 heteroatoms. The predicted octanol–water partition coefficient (Wildman–Crippen LogP) is 1.07. The zero-order valence-electron chi connectivity index (χ0n) is 11.6. The maximum absolute atomic E-state index is 11.9. The van der Waals surface area contributed by atoms with E-state index in [1.165, 1.54) is 0 Å². The fourth-order valence-corrected chi connectivity index (χ4v) is 1.71. The Morgan fingerprint density at radius 2 is 1.89 bits per heavy atom. The summed E-state index contributed by atoms with van der Waals surface area (Å²) in [6, 6.07) is 0. The molecule has 0 saturated carbocycles. The van der Waals surface area contributed by atoms with Crippen LogP contribution in [0.1, 0.15) is 33.1 Å². The van der Waals surface area contributed by atoms with Crippen LogP contribution in [0.15, 0.2) is 0 Å². The average Bonchev–Trinajstić information content (AvgIpc) is 2.40. The van der Waals surface area contributed by atoms with E-state index in [-0.39, 0.29) is 12.7 Å². The number of carbonyl (C=O) groups is 2. The van der Waals surface area contributed by atoms with Crippen LogP contribution in [-0.2, 0) is 28.5 Å². The maximum Gasteiger partial charge on any atom is 0.347 e. The summed E-state index contributed by atoms with van der Waals surface area (Å²) in [7, 11) is 0. The second-order valence-corrected chi connectivity index (χ2v) is 4.25. The monoisotopic (exact) mass is 274 g/mol. The molecule has 0 aromatic carbocycles. The van der Waals surface area contributed by atoms with Gasteiger partial charge in [0.25, 0.3) is 6.10 Å². The molecule has 1 fully saturated rings. The van der Waals surface area contributed by atoms with Gasteiger partial charge in [0, 0.05) is 19.4 Å². The summed E-state index contributed by atoms with van der Waals surface area (Å²) in [5, 5.41) is 0. The highest BCUT2D eigenvalue weighted by molar-refractivity contribution is 5.98. The van der Waals surface area contributed by atoms with E-state index in [4.69, 9.17) is 18.9 Å². The number of esters is 2. The van der Waals surface area contributed by atoms with Crippen molar-refractivity contribution in [2.75, 3.05) is 26.4 Å². The van der Waals surface area contributed by atoms with Crippen molar-refractivity contribution in [3.8, 4) is 0 Å². The lowest BCUT2D eigenvalue weighted by Gasteiger charge is -2.24. The first-order chi connectivity index (χ1) is 9.19. The number of hydrogen-bond acceptors (Lipinski definition) is 6. The minimum absolute atomic E-state index is 0.204. The molecular weight excluding hydrogens is 252 g/mol. The van der Waals surface area contributed by atoms with Crippen molar-refractivity contribution in [3.63, 3.8) is 0 Å². The molecule has 1 heterocycles. The highest BCUT2D eigenvalue weighted by Gasteiger charge is 2.32. The molecular formula is C13H22O6. The Bertz CT molecular complexity index is 285. The fraction of sp³-hybridized carbons (Fsp3) is 0.846. The normalized spacial score (nSPS) is 17.8. The highest BCUT2D eigenvalue weighted by atomic mass is 16.6. The lowest BCUT2D eigenvalue weighted by molar-refractivity contribution is -0.178. The SMILES string of the molecule is CCCOC(C(=O)OCC)C(=O)OC1CCOCC1. The molecule has 0 radical (unpaired) electrons. The minimum atomic E-state index is -1.28. The summed E-state index contributed by atoms with van der Waals surface area (Å²) in [6.45, 7) is 5.22. The van der Waals surface area contributed by atoms with Gasteiger partial charge in [-0.3, -0.25) is 0 Å². The van der Waals surface area contributed by atoms with E-state index in [2.05, 4.69) is 0 Å². The maximum atomic E-state index is 11.9. The third kappa shape index (κ3) is 5.57. The smallest absolute Gasteiger partial charge is 0.347 e. The third-order valence-corrected chi connectivity index (χ3v) is 2.65. The topological polar surface area (TPSA) is 71.1 Å². The first-order valence-corrected chi connectivity index (χ1v) is 6.75. The zero-order valence-corrected chi connectivity index (χ0v) is 11.6. The number of ether oxygens (including phenoxy) is 4. The van der Waals surface area contributed by atoms with Gasteiger partial charge < -0.3 is 18.9 Å². The van der Waals surface area contributed by atoms with Crippen molar-refractivity contribution in [3.05, 3.63) is 0 Å². The fourth-order valence-electron chi connectivity index (χ4n) is 1.71. The summed E-state index contributed by atoms with van der Waals surface area (Å²) in [4.78, 5) is 23.6. The van der Waals surface area contributed by atoms with Gasteiger partial charge in [0.1, 0.15) is 6.10 Å². The molecule has 6 nitrogen and oxygen atoms in total. The van der Waals surface area contributed by atoms with E-state index < -0.39 is 18.0 Å². The van der Waals surface area contributed by atoms with Gasteiger partial charge in [-0.15, -0.1) is 0 Å². The van der Waals surface area contributed by atoms with E-state index in [1.54, 1.807) is 6.92 Å². The van der Waals surface area contributed by atoms with Crippen molar-refractivity contribution in [2.24, 2.45) is 0 Å². The van der Waals surface area contributed by atoms with E-state index in [9.17, 15) is 9.59 Å². The molecule has 0 N–H and O–H groups in total. The number of carbonyl (C=O) groups excluding carboxylic acids is 2. The standard InChI is InChI=1S/C13H22O6/c1-3-7-18-11(12(14)17-4-2)13(15)19-10-5-8-16-9-6-10/h10-11H,3-9H2,1-2H3. The van der Waals surface area contributed by atoms with Crippen LogP contribution in [0.2, 0.25) is 0 Å². The number of rotatable bonds is 7. The summed E-state index contributed by atoms with van der Waals surface area (Å²) in [6.07, 6.45) is 0.524. The van der Waals surface area contributed by atoms with Crippen molar-refractivity contribution < 1.29 is 28.5 Å². The molecule has 0 aliphatic carbocycles. The Labute approximate surface area is 113 Å². The molecule has 19 heavy (non-hydrogen) atoms. The Balaban J connectivity index is 2.51. The molecule has 1 unspecified atom stereocenters. The van der Waals surface area contributed by atoms with E-state index in [1.807, 2.05) is 6.92 Å². The van der Waals surface area contributed by atoms with Crippen LogP contribution in [0.5, 0.6) is 0 Å². The van der Waals surface area contributed by atoms with Crippen molar-refractivity contribution in [2.45, 2.75) is 45.3 Å². The van der Waals surface area contributed by atoms with Gasteiger partial charge in [0.15, 0.2) is 0 Å². The Morgan fingerprint density at radius 3 is 2.47 bits per heavy atom. The van der Waals surface area contributed by atoms with Crippen molar-refractivity contribution in [1.82, 2.24) is 0 Å². The Hall–Kier alpha value is -1.14. The molecule has 0 spiro atoms. The molecule has 1 aliphatic rings. The molecule has 1 saturated heterocycles. The summed E-state index contributed by atoms with van der Waals surface area (Å²) >= 11 is 0. The molecule has 1 atom stereocenters. The largest absolute Gasteiger partial charge is 0.464 e. The third-order valence-electron chi connectivity index (χ3n) is 2.65. The van der Waals surface area contributed by atoms with Crippen LogP contribution in [0.25, 0.3) is 0 Å². The van der Waals surface area contributed by atoms with Gasteiger partial charge in [-0.05, 0) is 13.3 Å². The molecule has 0 bridgehead atoms. The van der Waals surface area contributed by atoms with Crippen LogP contribution in [0.3, 0.4) is 0 Å². The quantitative estimate of drug-likeness (QED) is 0.511. The van der Waals surface area contributed by atoms with Gasteiger partial charge in [-0.25, -0.2) is 9.59 Å². The van der Waals surface area contributed by atoms with E-state index >= 15 is 0 Å². The molecule has 1 aliphatic heterocycles. The first-order valence-electron chi connectivity index (χ1n) is 6.75. The molecule has 0 aromatic heterocycles. The zero-order chi connectivity index (χ0) is 14.1. The van der Waals surface area contributed by atoms with E-state index in [0.717, 1.165) is 0 Å². The Kier molecular flexibility index (Phi) is 7.43. The van der Waals surface area contributed by atoms with Crippen LogP contribution in [0, 0.1) is 0 Å². The highest BCUT2D eigenvalue weighted by Crippen LogP contribution is 2.13. The minimum Gasteiger partial charge on any atom is -0.464 e. The van der Waals surface area contributed by atoms with Gasteiger partial charge in [-0.2, -0.15) is 0 Å². The van der Waals surface area contributed by atoms with Crippen LogP contribution < -0.4 is 0 Å². The first kappa shape index (κ1) is 15.9. The van der Waals surface area contributed by atoms with Gasteiger partial charge in [-0.1, -0.05) is 6.92 Å². The molecule has 0 aromatic rings. The predicted molar refractivity (Wildman–Crippen MR) is 66.6 cm³/mol. The second-order valence-electron chi connectivity index (χ2n) is 4.25. The van der Waals surface area contributed by atoms with E-state index in [0.29, 0.717) is 39.1 Å². The summed E-state index contributed by atoms with van der Waals surface area (Å²) < 4.78 is 20.5. The lowest BCUT2D eigenvalue weighted by Crippen LogP contribution is -2.39. The van der Waals surface area contributed by atoms with Crippen LogP contribution >= 0.6 is 0 Å². The van der Waals surface area contributed by atoms with Gasteiger partial charge in [0.05, 0.1) is 19.8 Å². The molecule has 0 amide bonds. The summed E-state index contributed by atoms with van der Waals surface area (Å²) in [5.74, 6) is -1.35. The number of hydrogen-bond donors (Lipinski definition) is 0. The summed E-state index contributed by atoms with van der Waals surface area (Å²) in [5.41, 5.74) is 0. The van der Waals surface area contributed by atoms with Crippen LogP contribution in [0.4, 0.5) is 0 Å². The molecule has 1 rings (SSSR count). The van der Waals surface area contributed by atoms with Crippen molar-refractivity contribution in [1.29, 1.82) is 0 Å². The molecule has 110 valence electrons. The average molecular weight is 274 g/mol. The van der Waals surface area contributed by atoms with Gasteiger partial charge >= 0.3 is 11.9 Å². The Morgan fingerprint density at radius 1 is 1.21 bits per heavy atom. The van der Waals surface area contributed by atoms with Crippen LogP contribution in [-0.4, -0.2) is 50.6 Å². The lowest BCUT2D eigenvalue weighted by atomic mass is 10.1. The second kappa shape index (κ2) is 8.87. The van der Waals surface area contributed by atoms with Gasteiger partial charge in [0.2, 0.25) is 0 Å².